The molecule has 2 aromatic rings. The molecular weight excluding hydrogens is 256 g/mol. The molecule has 1 aliphatic rings. The molecule has 0 saturated heterocycles. The first-order chi connectivity index (χ1) is 9.40. The summed E-state index contributed by atoms with van der Waals surface area (Å²) in [5.41, 5.74) is 6.86. The van der Waals surface area contributed by atoms with Gasteiger partial charge in [-0.25, -0.2) is 9.97 Å². The highest BCUT2D eigenvalue weighted by molar-refractivity contribution is 7.17. The van der Waals surface area contributed by atoms with Crippen LogP contribution in [0.2, 0.25) is 0 Å². The smallest absolute Gasteiger partial charge is 0.150 e. The van der Waals surface area contributed by atoms with E-state index in [4.69, 9.17) is 5.73 Å². The molecule has 2 N–H and O–H groups in total. The Balaban J connectivity index is 1.96. The summed E-state index contributed by atoms with van der Waals surface area (Å²) in [5, 5.41) is 2.09. The maximum Gasteiger partial charge on any atom is 0.150 e. The third-order valence-corrected chi connectivity index (χ3v) is 4.78. The molecule has 3 rings (SSSR count). The summed E-state index contributed by atoms with van der Waals surface area (Å²) in [6.07, 6.45) is 8.21. The molecule has 0 spiro atoms. The lowest BCUT2D eigenvalue weighted by Crippen LogP contribution is -2.40. The Morgan fingerprint density at radius 1 is 1.26 bits per heavy atom. The molecule has 4 nitrogen and oxygen atoms in total. The molecule has 0 unspecified atom stereocenters. The quantitative estimate of drug-likeness (QED) is 0.933. The second kappa shape index (κ2) is 5.84. The lowest BCUT2D eigenvalue weighted by Gasteiger charge is -2.35. The van der Waals surface area contributed by atoms with E-state index in [0.717, 1.165) is 17.9 Å². The van der Waals surface area contributed by atoms with Gasteiger partial charge in [0, 0.05) is 19.1 Å². The Kier molecular flexibility index (Phi) is 3.94. The number of aromatic nitrogens is 2. The van der Waals surface area contributed by atoms with Gasteiger partial charge in [-0.15, -0.1) is 11.3 Å². The number of nitrogens with zero attached hydrogens (tertiary/aromatic N) is 3. The van der Waals surface area contributed by atoms with Crippen LogP contribution in [0.3, 0.4) is 0 Å². The molecule has 1 aliphatic carbocycles. The molecular formula is C14H20N4S. The predicted molar refractivity (Wildman–Crippen MR) is 80.7 cm³/mol. The number of nitrogens with two attached hydrogens (primary N) is 1. The van der Waals surface area contributed by atoms with Crippen LogP contribution in [0.1, 0.15) is 32.1 Å². The van der Waals surface area contributed by atoms with Crippen molar-refractivity contribution in [3.8, 4) is 0 Å². The van der Waals surface area contributed by atoms with E-state index in [0.29, 0.717) is 12.6 Å². The van der Waals surface area contributed by atoms with Crippen molar-refractivity contribution in [2.24, 2.45) is 5.73 Å². The van der Waals surface area contributed by atoms with Crippen LogP contribution in [-0.4, -0.2) is 29.1 Å². The van der Waals surface area contributed by atoms with Crippen molar-refractivity contribution in [3.63, 3.8) is 0 Å². The summed E-state index contributed by atoms with van der Waals surface area (Å²) in [4.78, 5) is 11.3. The Bertz CT molecular complexity index is 533. The SMILES string of the molecule is NCCN(c1ncnc2ccsc12)C1CCCCC1. The Labute approximate surface area is 117 Å². The van der Waals surface area contributed by atoms with Crippen LogP contribution in [0.15, 0.2) is 17.8 Å². The van der Waals surface area contributed by atoms with Gasteiger partial charge < -0.3 is 10.6 Å². The molecule has 1 fully saturated rings. The molecule has 0 amide bonds. The lowest BCUT2D eigenvalue weighted by atomic mass is 9.94. The van der Waals surface area contributed by atoms with Gasteiger partial charge in [-0.2, -0.15) is 0 Å². The normalized spacial score (nSPS) is 16.9. The van der Waals surface area contributed by atoms with Gasteiger partial charge in [0.25, 0.3) is 0 Å². The topological polar surface area (TPSA) is 55.0 Å². The van der Waals surface area contributed by atoms with E-state index in [1.54, 1.807) is 17.7 Å². The van der Waals surface area contributed by atoms with Gasteiger partial charge in [0.05, 0.1) is 10.2 Å². The van der Waals surface area contributed by atoms with Gasteiger partial charge in [0.15, 0.2) is 0 Å². The number of rotatable bonds is 4. The zero-order chi connectivity index (χ0) is 13.1. The van der Waals surface area contributed by atoms with Gasteiger partial charge >= 0.3 is 0 Å². The fourth-order valence-electron chi connectivity index (χ4n) is 2.97. The van der Waals surface area contributed by atoms with E-state index in [1.165, 1.54) is 36.8 Å². The van der Waals surface area contributed by atoms with Gasteiger partial charge in [0.2, 0.25) is 0 Å². The minimum absolute atomic E-state index is 0.595. The maximum atomic E-state index is 5.81. The monoisotopic (exact) mass is 276 g/mol. The van der Waals surface area contributed by atoms with E-state index in [1.807, 2.05) is 0 Å². The minimum atomic E-state index is 0.595. The first kappa shape index (κ1) is 12.8. The zero-order valence-corrected chi connectivity index (χ0v) is 11.9. The van der Waals surface area contributed by atoms with Crippen molar-refractivity contribution in [1.82, 2.24) is 9.97 Å². The lowest BCUT2D eigenvalue weighted by molar-refractivity contribution is 0.415. The van der Waals surface area contributed by atoms with Crippen molar-refractivity contribution in [2.45, 2.75) is 38.1 Å². The van der Waals surface area contributed by atoms with Crippen LogP contribution in [0.5, 0.6) is 0 Å². The molecule has 0 atom stereocenters. The van der Waals surface area contributed by atoms with Crippen LogP contribution in [0, 0.1) is 0 Å². The fraction of sp³-hybridized carbons (Fsp3) is 0.571. The first-order valence-corrected chi connectivity index (χ1v) is 7.93. The highest BCUT2D eigenvalue weighted by Gasteiger charge is 2.23. The molecule has 19 heavy (non-hydrogen) atoms. The van der Waals surface area contributed by atoms with Crippen molar-refractivity contribution in [3.05, 3.63) is 17.8 Å². The average molecular weight is 276 g/mol. The van der Waals surface area contributed by atoms with Crippen LogP contribution in [-0.2, 0) is 0 Å². The molecule has 0 aliphatic heterocycles. The standard InChI is InChI=1S/C14H20N4S/c15-7-8-18(11-4-2-1-3-5-11)14-13-12(6-9-19-13)16-10-17-14/h6,9-11H,1-5,7-8,15H2. The van der Waals surface area contributed by atoms with E-state index >= 15 is 0 Å². The molecule has 0 bridgehead atoms. The molecule has 102 valence electrons. The number of anilines is 1. The minimum Gasteiger partial charge on any atom is -0.351 e. The fourth-order valence-corrected chi connectivity index (χ4v) is 3.82. The molecule has 2 heterocycles. The summed E-state index contributed by atoms with van der Waals surface area (Å²) in [6, 6.07) is 2.66. The van der Waals surface area contributed by atoms with E-state index in [2.05, 4.69) is 26.3 Å². The predicted octanol–water partition coefficient (Wildman–Crippen LogP) is 2.79. The van der Waals surface area contributed by atoms with E-state index in [-0.39, 0.29) is 0 Å². The van der Waals surface area contributed by atoms with Gasteiger partial charge in [-0.3, -0.25) is 0 Å². The molecule has 0 radical (unpaired) electrons. The van der Waals surface area contributed by atoms with Crippen molar-refractivity contribution in [1.29, 1.82) is 0 Å². The maximum absolute atomic E-state index is 5.81. The van der Waals surface area contributed by atoms with Crippen LogP contribution >= 0.6 is 11.3 Å². The molecule has 1 saturated carbocycles. The van der Waals surface area contributed by atoms with E-state index < -0.39 is 0 Å². The van der Waals surface area contributed by atoms with Crippen LogP contribution < -0.4 is 10.6 Å². The third-order valence-electron chi connectivity index (χ3n) is 3.88. The Morgan fingerprint density at radius 2 is 2.11 bits per heavy atom. The highest BCUT2D eigenvalue weighted by atomic mass is 32.1. The van der Waals surface area contributed by atoms with Gasteiger partial charge in [-0.1, -0.05) is 19.3 Å². The molecule has 5 heteroatoms. The molecule has 0 aromatic carbocycles. The van der Waals surface area contributed by atoms with Crippen LogP contribution in [0.25, 0.3) is 10.2 Å². The summed E-state index contributed by atoms with van der Waals surface area (Å²) in [5.74, 6) is 1.08. The van der Waals surface area contributed by atoms with E-state index in [9.17, 15) is 0 Å². The van der Waals surface area contributed by atoms with Crippen molar-refractivity contribution < 1.29 is 0 Å². The number of hydrogen-bond donors (Lipinski definition) is 1. The number of thiophene rings is 1. The zero-order valence-electron chi connectivity index (χ0n) is 11.1. The number of fused-ring (bicyclic) bond motifs is 1. The summed E-state index contributed by atoms with van der Waals surface area (Å²) in [6.45, 7) is 1.56. The van der Waals surface area contributed by atoms with Crippen LogP contribution in [0.4, 0.5) is 5.82 Å². The van der Waals surface area contributed by atoms with Crippen molar-refractivity contribution >= 4 is 27.4 Å². The second-order valence-corrected chi connectivity index (χ2v) is 6.02. The largest absolute Gasteiger partial charge is 0.351 e. The Morgan fingerprint density at radius 3 is 2.89 bits per heavy atom. The third kappa shape index (κ3) is 2.58. The summed E-state index contributed by atoms with van der Waals surface area (Å²) < 4.78 is 1.20. The number of hydrogen-bond acceptors (Lipinski definition) is 5. The van der Waals surface area contributed by atoms with Gasteiger partial charge in [0.1, 0.15) is 12.1 Å². The molecule has 2 aromatic heterocycles. The Hall–Kier alpha value is -1.20. The average Bonchev–Trinajstić information content (AvgIpc) is 2.94. The second-order valence-electron chi connectivity index (χ2n) is 5.11. The van der Waals surface area contributed by atoms with Crippen molar-refractivity contribution in [2.75, 3.05) is 18.0 Å². The highest BCUT2D eigenvalue weighted by Crippen LogP contribution is 2.32. The first-order valence-electron chi connectivity index (χ1n) is 7.05. The summed E-state index contributed by atoms with van der Waals surface area (Å²) >= 11 is 1.72. The summed E-state index contributed by atoms with van der Waals surface area (Å²) in [7, 11) is 0. The van der Waals surface area contributed by atoms with Gasteiger partial charge in [-0.05, 0) is 24.3 Å².